The van der Waals surface area contributed by atoms with Gasteiger partial charge in [-0.1, -0.05) is 30.3 Å². The molecule has 0 aromatic heterocycles. The minimum absolute atomic E-state index is 0.261. The molecule has 0 saturated carbocycles. The van der Waals surface area contributed by atoms with Gasteiger partial charge in [-0.2, -0.15) is 17.5 Å². The SMILES string of the molecule is O=S(=O)(c1ccccc1)N1CCCC2(CCCN2Cc2ccc(C(F)(F)F)cc2)C1. The Morgan fingerprint density at radius 2 is 1.53 bits per heavy atom. The lowest BCUT2D eigenvalue weighted by molar-refractivity contribution is -0.137. The van der Waals surface area contributed by atoms with E-state index in [1.54, 1.807) is 34.6 Å². The summed E-state index contributed by atoms with van der Waals surface area (Å²) in [6, 6.07) is 13.7. The average molecular weight is 439 g/mol. The van der Waals surface area contributed by atoms with Crippen molar-refractivity contribution in [1.82, 2.24) is 9.21 Å². The highest BCUT2D eigenvalue weighted by molar-refractivity contribution is 7.89. The van der Waals surface area contributed by atoms with Crippen LogP contribution in [-0.4, -0.2) is 42.8 Å². The standard InChI is InChI=1S/C22H25F3N2O2S/c23-22(24,25)19-10-8-18(9-11-19)16-26-14-4-12-21(26)13-5-15-27(17-21)30(28,29)20-6-2-1-3-7-20/h1-3,6-11H,4-5,12-17H2. The van der Waals surface area contributed by atoms with Gasteiger partial charge in [0.25, 0.3) is 0 Å². The molecule has 0 N–H and O–H groups in total. The van der Waals surface area contributed by atoms with Crippen LogP contribution in [0.3, 0.4) is 0 Å². The Hall–Kier alpha value is -1.90. The molecule has 0 radical (unpaired) electrons. The van der Waals surface area contributed by atoms with Gasteiger partial charge < -0.3 is 0 Å². The number of likely N-dealkylation sites (tertiary alicyclic amines) is 1. The maximum absolute atomic E-state index is 13.1. The summed E-state index contributed by atoms with van der Waals surface area (Å²) >= 11 is 0. The Kier molecular flexibility index (Phi) is 5.67. The van der Waals surface area contributed by atoms with Gasteiger partial charge in [-0.05, 0) is 62.1 Å². The third kappa shape index (κ3) is 4.13. The second-order valence-corrected chi connectivity index (χ2v) is 10.1. The van der Waals surface area contributed by atoms with Crippen molar-refractivity contribution in [3.8, 4) is 0 Å². The van der Waals surface area contributed by atoms with Crippen LogP contribution in [0.25, 0.3) is 0 Å². The molecule has 4 rings (SSSR count). The maximum atomic E-state index is 13.1. The summed E-state index contributed by atoms with van der Waals surface area (Å²) in [5, 5.41) is 0. The molecule has 1 spiro atoms. The summed E-state index contributed by atoms with van der Waals surface area (Å²) in [6.07, 6.45) is -0.818. The lowest BCUT2D eigenvalue weighted by Gasteiger charge is -2.45. The number of sulfonamides is 1. The van der Waals surface area contributed by atoms with Crippen molar-refractivity contribution in [2.24, 2.45) is 0 Å². The van der Waals surface area contributed by atoms with E-state index in [1.807, 2.05) is 0 Å². The number of nitrogens with zero attached hydrogens (tertiary/aromatic N) is 2. The van der Waals surface area contributed by atoms with E-state index in [2.05, 4.69) is 4.90 Å². The molecule has 8 heteroatoms. The van der Waals surface area contributed by atoms with Crippen LogP contribution in [0.1, 0.15) is 36.8 Å². The smallest absolute Gasteiger partial charge is 0.292 e. The van der Waals surface area contributed by atoms with Gasteiger partial charge in [0.1, 0.15) is 0 Å². The van der Waals surface area contributed by atoms with Crippen molar-refractivity contribution >= 4 is 10.0 Å². The molecule has 0 aliphatic carbocycles. The molecule has 162 valence electrons. The first-order chi connectivity index (χ1) is 14.2. The normalized spacial score (nSPS) is 23.8. The topological polar surface area (TPSA) is 40.6 Å². The van der Waals surface area contributed by atoms with Gasteiger partial charge in [0.05, 0.1) is 10.5 Å². The summed E-state index contributed by atoms with van der Waals surface area (Å²) in [5.41, 5.74) is -0.101. The Bertz CT molecular complexity index is 978. The Labute approximate surface area is 175 Å². The molecule has 2 aliphatic rings. The number of hydrogen-bond donors (Lipinski definition) is 0. The molecule has 1 atom stereocenters. The van der Waals surface area contributed by atoms with E-state index in [4.69, 9.17) is 0 Å². The van der Waals surface area contributed by atoms with Crippen LogP contribution in [-0.2, 0) is 22.7 Å². The zero-order valence-electron chi connectivity index (χ0n) is 16.6. The zero-order chi connectivity index (χ0) is 21.4. The molecular weight excluding hydrogens is 413 g/mol. The van der Waals surface area contributed by atoms with Crippen molar-refractivity contribution in [2.45, 2.75) is 48.8 Å². The average Bonchev–Trinajstić information content (AvgIpc) is 3.09. The quantitative estimate of drug-likeness (QED) is 0.705. The second kappa shape index (κ2) is 7.98. The fraction of sp³-hybridized carbons (Fsp3) is 0.455. The Morgan fingerprint density at radius 3 is 2.17 bits per heavy atom. The molecule has 0 bridgehead atoms. The highest BCUT2D eigenvalue weighted by atomic mass is 32.2. The Balaban J connectivity index is 1.53. The van der Waals surface area contributed by atoms with E-state index in [0.29, 0.717) is 24.5 Å². The molecule has 1 unspecified atom stereocenters. The monoisotopic (exact) mass is 438 g/mol. The fourth-order valence-electron chi connectivity index (χ4n) is 4.74. The highest BCUT2D eigenvalue weighted by Crippen LogP contribution is 2.40. The summed E-state index contributed by atoms with van der Waals surface area (Å²) < 4.78 is 66.3. The third-order valence-corrected chi connectivity index (χ3v) is 8.16. The minimum Gasteiger partial charge on any atom is -0.292 e. The molecule has 2 aromatic rings. The van der Waals surface area contributed by atoms with Crippen molar-refractivity contribution in [3.05, 3.63) is 65.7 Å². The highest BCUT2D eigenvalue weighted by Gasteiger charge is 2.46. The number of benzene rings is 2. The fourth-order valence-corrected chi connectivity index (χ4v) is 6.32. The molecule has 4 nitrogen and oxygen atoms in total. The van der Waals surface area contributed by atoms with E-state index >= 15 is 0 Å². The summed E-state index contributed by atoms with van der Waals surface area (Å²) in [7, 11) is -3.56. The lowest BCUT2D eigenvalue weighted by Crippen LogP contribution is -2.56. The molecule has 2 saturated heterocycles. The molecular formula is C22H25F3N2O2S. The van der Waals surface area contributed by atoms with Crippen LogP contribution in [0, 0.1) is 0 Å². The van der Waals surface area contributed by atoms with E-state index < -0.39 is 21.8 Å². The van der Waals surface area contributed by atoms with Crippen LogP contribution < -0.4 is 0 Å². The number of hydrogen-bond acceptors (Lipinski definition) is 3. The van der Waals surface area contributed by atoms with E-state index in [1.165, 1.54) is 12.1 Å². The predicted octanol–water partition coefficient (Wildman–Crippen LogP) is 4.52. The van der Waals surface area contributed by atoms with Crippen LogP contribution in [0.4, 0.5) is 13.2 Å². The van der Waals surface area contributed by atoms with Gasteiger partial charge in [-0.25, -0.2) is 8.42 Å². The number of halogens is 3. The van der Waals surface area contributed by atoms with Gasteiger partial charge in [0.15, 0.2) is 0 Å². The van der Waals surface area contributed by atoms with Crippen LogP contribution in [0.2, 0.25) is 0 Å². The van der Waals surface area contributed by atoms with Crippen molar-refractivity contribution in [2.75, 3.05) is 19.6 Å². The van der Waals surface area contributed by atoms with E-state index in [0.717, 1.165) is 49.9 Å². The minimum atomic E-state index is -4.34. The van der Waals surface area contributed by atoms with E-state index in [9.17, 15) is 21.6 Å². The molecule has 2 fully saturated rings. The summed E-state index contributed by atoms with van der Waals surface area (Å²) in [4.78, 5) is 2.57. The predicted molar refractivity (Wildman–Crippen MR) is 108 cm³/mol. The van der Waals surface area contributed by atoms with Crippen LogP contribution in [0.5, 0.6) is 0 Å². The zero-order valence-corrected chi connectivity index (χ0v) is 17.4. The van der Waals surface area contributed by atoms with Gasteiger partial charge in [0.2, 0.25) is 10.0 Å². The summed E-state index contributed by atoms with van der Waals surface area (Å²) in [5.74, 6) is 0. The maximum Gasteiger partial charge on any atom is 0.416 e. The number of alkyl halides is 3. The molecule has 2 aromatic carbocycles. The van der Waals surface area contributed by atoms with E-state index in [-0.39, 0.29) is 5.54 Å². The molecule has 2 aliphatic heterocycles. The first kappa shape index (κ1) is 21.3. The number of piperidine rings is 1. The first-order valence-corrected chi connectivity index (χ1v) is 11.6. The third-order valence-electron chi connectivity index (χ3n) is 6.30. The van der Waals surface area contributed by atoms with Gasteiger partial charge in [0, 0.05) is 25.2 Å². The van der Waals surface area contributed by atoms with Gasteiger partial charge in [-0.15, -0.1) is 0 Å². The largest absolute Gasteiger partial charge is 0.416 e. The van der Waals surface area contributed by atoms with Crippen molar-refractivity contribution in [1.29, 1.82) is 0 Å². The molecule has 30 heavy (non-hydrogen) atoms. The lowest BCUT2D eigenvalue weighted by atomic mass is 9.87. The molecule has 2 heterocycles. The summed E-state index contributed by atoms with van der Waals surface area (Å²) in [6.45, 7) is 2.26. The molecule has 0 amide bonds. The van der Waals surface area contributed by atoms with Crippen LogP contribution in [0.15, 0.2) is 59.5 Å². The van der Waals surface area contributed by atoms with Crippen molar-refractivity contribution < 1.29 is 21.6 Å². The Morgan fingerprint density at radius 1 is 0.900 bits per heavy atom. The second-order valence-electron chi connectivity index (χ2n) is 8.20. The van der Waals surface area contributed by atoms with Crippen molar-refractivity contribution in [3.63, 3.8) is 0 Å². The van der Waals surface area contributed by atoms with Crippen LogP contribution >= 0.6 is 0 Å². The van der Waals surface area contributed by atoms with Gasteiger partial charge >= 0.3 is 6.18 Å². The first-order valence-electron chi connectivity index (χ1n) is 10.2. The van der Waals surface area contributed by atoms with Gasteiger partial charge in [-0.3, -0.25) is 4.90 Å². The number of rotatable bonds is 4.